The molecule has 1 amide bonds. The standard InChI is InChI=1S/C14H12FN5OS2/c1-9-6-22-13(17-9)18-12(21)7-23-14-19-16-8-20(14)11-5-3-2-4-10(11)15/h2-6,8H,7H2,1H3,(H,17,18,21). The van der Waals surface area contributed by atoms with E-state index >= 15 is 0 Å². The maximum atomic E-state index is 13.8. The minimum absolute atomic E-state index is 0.131. The van der Waals surface area contributed by atoms with Crippen LogP contribution in [0.3, 0.4) is 0 Å². The fourth-order valence-corrected chi connectivity index (χ4v) is 3.26. The number of halogens is 1. The molecule has 9 heteroatoms. The summed E-state index contributed by atoms with van der Waals surface area (Å²) in [6.45, 7) is 1.86. The molecule has 2 heterocycles. The van der Waals surface area contributed by atoms with Crippen LogP contribution in [0.25, 0.3) is 5.69 Å². The zero-order chi connectivity index (χ0) is 16.2. The Morgan fingerprint density at radius 1 is 1.43 bits per heavy atom. The number of hydrogen-bond acceptors (Lipinski definition) is 6. The average Bonchev–Trinajstić information content (AvgIpc) is 3.15. The van der Waals surface area contributed by atoms with Crippen molar-refractivity contribution in [1.29, 1.82) is 0 Å². The molecular weight excluding hydrogens is 337 g/mol. The van der Waals surface area contributed by atoms with Gasteiger partial charge in [0.25, 0.3) is 0 Å². The topological polar surface area (TPSA) is 72.7 Å². The maximum absolute atomic E-state index is 13.8. The minimum Gasteiger partial charge on any atom is -0.301 e. The van der Waals surface area contributed by atoms with Gasteiger partial charge in [0.2, 0.25) is 5.91 Å². The van der Waals surface area contributed by atoms with Gasteiger partial charge in [-0.1, -0.05) is 23.9 Å². The Labute approximate surface area is 139 Å². The summed E-state index contributed by atoms with van der Waals surface area (Å²) >= 11 is 2.55. The van der Waals surface area contributed by atoms with E-state index in [0.717, 1.165) is 5.69 Å². The number of nitrogens with zero attached hydrogens (tertiary/aromatic N) is 4. The van der Waals surface area contributed by atoms with Crippen LogP contribution in [0.4, 0.5) is 9.52 Å². The number of carbonyl (C=O) groups excluding carboxylic acids is 1. The van der Waals surface area contributed by atoms with Crippen LogP contribution in [0.1, 0.15) is 5.69 Å². The van der Waals surface area contributed by atoms with Gasteiger partial charge < -0.3 is 5.32 Å². The molecule has 0 radical (unpaired) electrons. The third-order valence-corrected chi connectivity index (χ3v) is 4.64. The number of thiazole rings is 1. The fourth-order valence-electron chi connectivity index (χ4n) is 1.83. The Hall–Kier alpha value is -2.26. The Kier molecular flexibility index (Phi) is 4.68. The number of rotatable bonds is 5. The number of benzene rings is 1. The largest absolute Gasteiger partial charge is 0.301 e. The molecule has 0 unspecified atom stereocenters. The molecule has 1 N–H and O–H groups in total. The molecule has 1 aromatic carbocycles. The first-order valence-corrected chi connectivity index (χ1v) is 8.49. The van der Waals surface area contributed by atoms with E-state index in [4.69, 9.17) is 0 Å². The van der Waals surface area contributed by atoms with E-state index in [9.17, 15) is 9.18 Å². The Bertz CT molecular complexity index is 832. The summed E-state index contributed by atoms with van der Waals surface area (Å²) in [5.41, 5.74) is 1.20. The van der Waals surface area contributed by atoms with Gasteiger partial charge in [0.1, 0.15) is 12.1 Å². The zero-order valence-corrected chi connectivity index (χ0v) is 13.7. The second-order valence-corrected chi connectivity index (χ2v) is 6.37. The molecule has 0 aliphatic rings. The van der Waals surface area contributed by atoms with Crippen LogP contribution in [-0.2, 0) is 4.79 Å². The molecule has 0 atom stereocenters. The third-order valence-electron chi connectivity index (χ3n) is 2.83. The number of hydrogen-bond donors (Lipinski definition) is 1. The van der Waals surface area contributed by atoms with Crippen molar-refractivity contribution in [3.8, 4) is 5.69 Å². The van der Waals surface area contributed by atoms with Gasteiger partial charge in [-0.25, -0.2) is 9.37 Å². The third kappa shape index (κ3) is 3.74. The van der Waals surface area contributed by atoms with E-state index < -0.39 is 0 Å². The van der Waals surface area contributed by atoms with Gasteiger partial charge in [0.05, 0.1) is 17.1 Å². The molecule has 3 aromatic rings. The van der Waals surface area contributed by atoms with Gasteiger partial charge >= 0.3 is 0 Å². The monoisotopic (exact) mass is 349 g/mol. The first-order valence-electron chi connectivity index (χ1n) is 6.63. The minimum atomic E-state index is -0.378. The average molecular weight is 349 g/mol. The molecule has 0 aliphatic carbocycles. The van der Waals surface area contributed by atoms with Crippen LogP contribution in [-0.4, -0.2) is 31.4 Å². The van der Waals surface area contributed by atoms with Gasteiger partial charge in [-0.05, 0) is 19.1 Å². The van der Waals surface area contributed by atoms with Crippen LogP contribution >= 0.6 is 23.1 Å². The summed E-state index contributed by atoms with van der Waals surface area (Å²) in [6.07, 6.45) is 1.42. The lowest BCUT2D eigenvalue weighted by Gasteiger charge is -2.06. The number of anilines is 1. The zero-order valence-electron chi connectivity index (χ0n) is 12.1. The van der Waals surface area contributed by atoms with Crippen molar-refractivity contribution in [2.45, 2.75) is 12.1 Å². The smallest absolute Gasteiger partial charge is 0.236 e. The Morgan fingerprint density at radius 3 is 3.00 bits per heavy atom. The van der Waals surface area contributed by atoms with E-state index in [0.29, 0.717) is 16.0 Å². The van der Waals surface area contributed by atoms with Crippen molar-refractivity contribution < 1.29 is 9.18 Å². The molecule has 2 aromatic heterocycles. The summed E-state index contributed by atoms with van der Waals surface area (Å²) in [5, 5.41) is 13.3. The number of nitrogens with one attached hydrogen (secondary N) is 1. The summed E-state index contributed by atoms with van der Waals surface area (Å²) in [4.78, 5) is 16.1. The van der Waals surface area contributed by atoms with Gasteiger partial charge in [0.15, 0.2) is 10.3 Å². The predicted molar refractivity (Wildman–Crippen MR) is 87.5 cm³/mol. The van der Waals surface area contributed by atoms with Crippen LogP contribution in [0.5, 0.6) is 0 Å². The molecule has 0 saturated carbocycles. The second-order valence-electron chi connectivity index (χ2n) is 4.57. The molecule has 23 heavy (non-hydrogen) atoms. The van der Waals surface area contributed by atoms with E-state index in [1.807, 2.05) is 12.3 Å². The molecule has 0 saturated heterocycles. The maximum Gasteiger partial charge on any atom is 0.236 e. The highest BCUT2D eigenvalue weighted by Gasteiger charge is 2.13. The number of amides is 1. The van der Waals surface area contributed by atoms with E-state index in [2.05, 4.69) is 20.5 Å². The number of thioether (sulfide) groups is 1. The second kappa shape index (κ2) is 6.88. The number of carbonyl (C=O) groups is 1. The predicted octanol–water partition coefficient (Wildman–Crippen LogP) is 2.90. The van der Waals surface area contributed by atoms with E-state index in [-0.39, 0.29) is 17.5 Å². The molecule has 0 bridgehead atoms. The number of aromatic nitrogens is 4. The van der Waals surface area contributed by atoms with Crippen LogP contribution in [0.2, 0.25) is 0 Å². The molecule has 6 nitrogen and oxygen atoms in total. The number of aryl methyl sites for hydroxylation is 1. The molecule has 0 aliphatic heterocycles. The van der Waals surface area contributed by atoms with Crippen LogP contribution in [0.15, 0.2) is 41.1 Å². The highest BCUT2D eigenvalue weighted by molar-refractivity contribution is 7.99. The lowest BCUT2D eigenvalue weighted by atomic mass is 10.3. The van der Waals surface area contributed by atoms with E-state index in [1.54, 1.807) is 18.2 Å². The van der Waals surface area contributed by atoms with Crippen LogP contribution < -0.4 is 5.32 Å². The normalized spacial score (nSPS) is 10.7. The molecule has 118 valence electrons. The highest BCUT2D eigenvalue weighted by atomic mass is 32.2. The molecule has 0 spiro atoms. The van der Waals surface area contributed by atoms with Crippen molar-refractivity contribution in [3.63, 3.8) is 0 Å². The Morgan fingerprint density at radius 2 is 2.26 bits per heavy atom. The van der Waals surface area contributed by atoms with Crippen molar-refractivity contribution in [1.82, 2.24) is 19.7 Å². The molecular formula is C14H12FN5OS2. The summed E-state index contributed by atoms with van der Waals surface area (Å²) in [5.74, 6) is -0.449. The fraction of sp³-hybridized carbons (Fsp3) is 0.143. The van der Waals surface area contributed by atoms with Gasteiger partial charge in [-0.15, -0.1) is 21.5 Å². The highest BCUT2D eigenvalue weighted by Crippen LogP contribution is 2.22. The Balaban J connectivity index is 1.66. The SMILES string of the molecule is Cc1csc(NC(=O)CSc2nncn2-c2ccccc2F)n1. The van der Waals surface area contributed by atoms with E-state index in [1.165, 1.54) is 40.1 Å². The van der Waals surface area contributed by atoms with Gasteiger partial charge in [0, 0.05) is 5.38 Å². The number of para-hydroxylation sites is 1. The van der Waals surface area contributed by atoms with Crippen molar-refractivity contribution >= 4 is 34.1 Å². The van der Waals surface area contributed by atoms with Crippen molar-refractivity contribution in [3.05, 3.63) is 47.5 Å². The van der Waals surface area contributed by atoms with Crippen molar-refractivity contribution in [2.75, 3.05) is 11.1 Å². The van der Waals surface area contributed by atoms with Gasteiger partial charge in [-0.2, -0.15) is 0 Å². The summed E-state index contributed by atoms with van der Waals surface area (Å²) in [6, 6.07) is 6.33. The van der Waals surface area contributed by atoms with Crippen molar-refractivity contribution in [2.24, 2.45) is 0 Å². The molecule has 3 rings (SSSR count). The summed E-state index contributed by atoms with van der Waals surface area (Å²) < 4.78 is 15.4. The lowest BCUT2D eigenvalue weighted by Crippen LogP contribution is -2.14. The van der Waals surface area contributed by atoms with Gasteiger partial charge in [-0.3, -0.25) is 9.36 Å². The molecule has 0 fully saturated rings. The quantitative estimate of drug-likeness (QED) is 0.717. The van der Waals surface area contributed by atoms with Crippen LogP contribution in [0, 0.1) is 12.7 Å². The summed E-state index contributed by atoms with van der Waals surface area (Å²) in [7, 11) is 0. The lowest BCUT2D eigenvalue weighted by molar-refractivity contribution is -0.113. The first kappa shape index (κ1) is 15.6. The first-order chi connectivity index (χ1) is 11.1.